The summed E-state index contributed by atoms with van der Waals surface area (Å²) in [5.74, 6) is -2.04. The largest absolute Gasteiger partial charge is 0.464 e. The van der Waals surface area contributed by atoms with Crippen LogP contribution in [-0.4, -0.2) is 85.3 Å². The highest BCUT2D eigenvalue weighted by molar-refractivity contribution is 7.13. The van der Waals surface area contributed by atoms with Gasteiger partial charge in [-0.25, -0.2) is 29.5 Å². The Labute approximate surface area is 353 Å². The van der Waals surface area contributed by atoms with Gasteiger partial charge in [0.25, 0.3) is 0 Å². The summed E-state index contributed by atoms with van der Waals surface area (Å²) < 4.78 is 33.2. The van der Waals surface area contributed by atoms with E-state index in [0.29, 0.717) is 28.4 Å². The number of thiazole rings is 1. The number of carbonyl (C=O) groups excluding carboxylic acids is 4. The van der Waals surface area contributed by atoms with Gasteiger partial charge < -0.3 is 48.2 Å². The molecule has 1 aromatic carbocycles. The number of alkyl carbamates (subject to hydrolysis) is 1. The van der Waals surface area contributed by atoms with Crippen LogP contribution < -0.4 is 16.0 Å². The van der Waals surface area contributed by atoms with Crippen molar-refractivity contribution in [3.8, 4) is 56.8 Å². The summed E-state index contributed by atoms with van der Waals surface area (Å²) in [7, 11) is 1.25. The number of ether oxygens (including phenoxy) is 2. The number of nitrogens with one attached hydrogen (secondary N) is 3. The highest BCUT2D eigenvalue weighted by Gasteiger charge is 2.34. The van der Waals surface area contributed by atoms with Crippen LogP contribution >= 0.6 is 11.3 Å². The second kappa shape index (κ2) is 18.7. The number of methoxy groups -OCH3 is 1. The van der Waals surface area contributed by atoms with Crippen molar-refractivity contribution in [2.75, 3.05) is 13.7 Å². The summed E-state index contributed by atoms with van der Waals surface area (Å²) in [6, 6.07) is 5.88. The molecule has 0 saturated carbocycles. The molecule has 0 saturated heterocycles. The predicted octanol–water partition coefficient (Wildman–Crippen LogP) is 6.45. The number of aliphatic hydroxyl groups excluding tert-OH is 1. The monoisotopic (exact) mass is 858 g/mol. The Bertz CT molecular complexity index is 2460. The first-order valence-corrected chi connectivity index (χ1v) is 20.2. The van der Waals surface area contributed by atoms with E-state index in [-0.39, 0.29) is 58.2 Å². The van der Waals surface area contributed by atoms with Crippen molar-refractivity contribution in [1.29, 1.82) is 0 Å². The molecule has 0 aliphatic carbocycles. The number of hydrogen-bond donors (Lipinski definition) is 4. The number of benzene rings is 1. The minimum Gasteiger partial charge on any atom is -0.464 e. The molecule has 20 heteroatoms. The lowest BCUT2D eigenvalue weighted by Crippen LogP contribution is -2.57. The zero-order valence-corrected chi connectivity index (χ0v) is 35.5. The Morgan fingerprint density at radius 1 is 0.787 bits per heavy atom. The molecule has 4 atom stereocenters. The number of rotatable bonds is 16. The number of aromatic nitrogens is 5. The van der Waals surface area contributed by atoms with Gasteiger partial charge in [0.2, 0.25) is 35.4 Å². The summed E-state index contributed by atoms with van der Waals surface area (Å²) in [6.45, 7) is 11.7. The van der Waals surface area contributed by atoms with Gasteiger partial charge in [-0.2, -0.15) is 4.98 Å². The summed E-state index contributed by atoms with van der Waals surface area (Å²) in [6.07, 6.45) is 3.79. The minimum absolute atomic E-state index is 0.00925. The Hall–Kier alpha value is -6.67. The Kier molecular flexibility index (Phi) is 13.5. The van der Waals surface area contributed by atoms with Crippen molar-refractivity contribution in [2.24, 2.45) is 11.8 Å². The first kappa shape index (κ1) is 43.9. The van der Waals surface area contributed by atoms with Crippen LogP contribution in [0.3, 0.4) is 0 Å². The quantitative estimate of drug-likeness (QED) is 0.0763. The summed E-state index contributed by atoms with van der Waals surface area (Å²) in [5, 5.41) is 20.5. The summed E-state index contributed by atoms with van der Waals surface area (Å²) in [4.78, 5) is 74.4. The van der Waals surface area contributed by atoms with Crippen LogP contribution in [0.2, 0.25) is 0 Å². The number of carbonyl (C=O) groups is 4. The maximum atomic E-state index is 13.6. The fourth-order valence-corrected chi connectivity index (χ4v) is 6.57. The molecule has 5 aromatic heterocycles. The van der Waals surface area contributed by atoms with Gasteiger partial charge in [-0.3, -0.25) is 9.59 Å². The third-order valence-corrected chi connectivity index (χ3v) is 10.0. The number of oxazole rings is 4. The molecule has 4 N–H and O–H groups in total. The third-order valence-electron chi connectivity index (χ3n) is 9.16. The van der Waals surface area contributed by atoms with Crippen molar-refractivity contribution in [3.05, 3.63) is 66.1 Å². The smallest absolute Gasteiger partial charge is 0.408 e. The van der Waals surface area contributed by atoms with Crippen LogP contribution in [0.25, 0.3) is 56.8 Å². The molecule has 0 spiro atoms. The van der Waals surface area contributed by atoms with Crippen molar-refractivity contribution < 1.29 is 51.4 Å². The Morgan fingerprint density at radius 3 is 2.08 bits per heavy atom. The molecule has 0 radical (unpaired) electrons. The van der Waals surface area contributed by atoms with Crippen LogP contribution in [0.1, 0.15) is 77.3 Å². The number of amides is 3. The average molecular weight is 859 g/mol. The van der Waals surface area contributed by atoms with E-state index in [1.165, 1.54) is 37.2 Å². The maximum Gasteiger partial charge on any atom is 0.408 e. The van der Waals surface area contributed by atoms with Gasteiger partial charge in [0.05, 0.1) is 13.7 Å². The molecular formula is C41H46N8O11S. The van der Waals surface area contributed by atoms with E-state index in [4.69, 9.17) is 27.1 Å². The summed E-state index contributed by atoms with van der Waals surface area (Å²) >= 11 is 1.25. The van der Waals surface area contributed by atoms with Gasteiger partial charge in [0.1, 0.15) is 58.9 Å². The number of hydrogen-bond acceptors (Lipinski definition) is 17. The molecule has 322 valence electrons. The molecule has 6 rings (SSSR count). The van der Waals surface area contributed by atoms with E-state index in [0.717, 1.165) is 0 Å². The molecule has 6 aromatic rings. The van der Waals surface area contributed by atoms with Crippen LogP contribution in [0, 0.1) is 11.8 Å². The van der Waals surface area contributed by atoms with E-state index >= 15 is 0 Å². The van der Waals surface area contributed by atoms with Crippen LogP contribution in [0.5, 0.6) is 0 Å². The number of esters is 1. The van der Waals surface area contributed by atoms with Crippen LogP contribution in [0.4, 0.5) is 4.79 Å². The zero-order chi connectivity index (χ0) is 44.0. The van der Waals surface area contributed by atoms with E-state index < -0.39 is 54.2 Å². The van der Waals surface area contributed by atoms with Crippen molar-refractivity contribution in [2.45, 2.75) is 78.6 Å². The molecule has 0 bridgehead atoms. The van der Waals surface area contributed by atoms with Crippen molar-refractivity contribution in [1.82, 2.24) is 40.9 Å². The van der Waals surface area contributed by atoms with Gasteiger partial charge in [-0.1, -0.05) is 64.4 Å². The Morgan fingerprint density at radius 2 is 1.43 bits per heavy atom. The highest BCUT2D eigenvalue weighted by Crippen LogP contribution is 2.34. The van der Waals surface area contributed by atoms with E-state index in [9.17, 15) is 24.3 Å². The molecule has 5 heterocycles. The first-order chi connectivity index (χ1) is 29.1. The maximum absolute atomic E-state index is 13.6. The van der Waals surface area contributed by atoms with Gasteiger partial charge >= 0.3 is 12.1 Å². The first-order valence-electron chi connectivity index (χ1n) is 19.3. The number of nitrogens with zero attached hydrogens (tertiary/aromatic N) is 5. The fraction of sp³-hybridized carbons (Fsp3) is 0.390. The molecular weight excluding hydrogens is 813 g/mol. The van der Waals surface area contributed by atoms with Crippen LogP contribution in [-0.2, 0) is 19.1 Å². The van der Waals surface area contributed by atoms with Crippen molar-refractivity contribution in [3.63, 3.8) is 0 Å². The molecule has 0 fully saturated rings. The van der Waals surface area contributed by atoms with E-state index in [1.54, 1.807) is 71.2 Å². The Balaban J connectivity index is 1.12. The SMILES string of the molecule is CC[C@H](C)[C@@H](NC(=O)OC(C)(C)C)C(=O)N[C@H](C(=O)N[C@@H](CO)c1nc(-c2nc(-c3nc(-c4nc(-c5nc(C(=O)OC)c(-c6ccccc6)o5)co4)cs3)co2)co1)C(C)C. The van der Waals surface area contributed by atoms with Gasteiger partial charge in [-0.05, 0) is 32.6 Å². The van der Waals surface area contributed by atoms with Gasteiger partial charge in [-0.15, -0.1) is 11.3 Å². The molecule has 0 aliphatic heterocycles. The topological polar surface area (TPSA) is 260 Å². The third kappa shape index (κ3) is 10.4. The second-order valence-corrected chi connectivity index (χ2v) is 16.1. The van der Waals surface area contributed by atoms with E-state index in [2.05, 4.69) is 40.9 Å². The molecule has 0 aliphatic rings. The predicted molar refractivity (Wildman–Crippen MR) is 218 cm³/mol. The molecule has 61 heavy (non-hydrogen) atoms. The average Bonchev–Trinajstić information content (AvgIpc) is 4.08. The normalized spacial score (nSPS) is 13.6. The second-order valence-electron chi connectivity index (χ2n) is 15.2. The highest BCUT2D eigenvalue weighted by atomic mass is 32.1. The van der Waals surface area contributed by atoms with Gasteiger partial charge in [0.15, 0.2) is 22.8 Å². The minimum atomic E-state index is -1.10. The standard InChI is InChI=1S/C41H46N8O11S/c1-9-21(4)29(49-40(54)60-41(5,6)7)33(52)47-28(20(2)3)32(51)42-23(15-50)34-43-24(16-56-34)35-45-26(18-58-35)38-46-27(19-61-38)36-44-25(17-57-36)37-48-30(39(53)55-8)31(59-37)22-13-11-10-12-14-22/h10-14,16-21,23,28-29,50H,9,15H2,1-8H3,(H,42,51)(H,47,52)(H,49,54)/t21-,23-,28-,29+/m0/s1. The number of aliphatic hydroxyl groups is 1. The lowest BCUT2D eigenvalue weighted by atomic mass is 9.96. The lowest BCUT2D eigenvalue weighted by Gasteiger charge is -2.29. The molecule has 0 unspecified atom stereocenters. The zero-order valence-electron chi connectivity index (χ0n) is 34.7. The molecule has 3 amide bonds. The van der Waals surface area contributed by atoms with Crippen LogP contribution in [0.15, 0.2) is 72.2 Å². The summed E-state index contributed by atoms with van der Waals surface area (Å²) in [5.41, 5.74) is 0.997. The molecule has 19 nitrogen and oxygen atoms in total. The fourth-order valence-electron chi connectivity index (χ4n) is 5.83. The van der Waals surface area contributed by atoms with Crippen molar-refractivity contribution >= 4 is 35.2 Å². The van der Waals surface area contributed by atoms with Gasteiger partial charge in [0, 0.05) is 10.9 Å². The van der Waals surface area contributed by atoms with E-state index in [1.807, 2.05) is 13.0 Å². The lowest BCUT2D eigenvalue weighted by molar-refractivity contribution is -0.132.